The molecule has 1 aromatic carbocycles. The fourth-order valence-corrected chi connectivity index (χ4v) is 3.04. The molecule has 0 spiro atoms. The molecule has 5 heteroatoms. The van der Waals surface area contributed by atoms with Crippen molar-refractivity contribution in [2.75, 3.05) is 19.0 Å². The summed E-state index contributed by atoms with van der Waals surface area (Å²) in [5.41, 5.74) is 2.02. The number of methoxy groups -OCH3 is 1. The lowest BCUT2D eigenvalue weighted by Gasteiger charge is -2.25. The van der Waals surface area contributed by atoms with Crippen molar-refractivity contribution in [2.45, 2.75) is 26.7 Å². The van der Waals surface area contributed by atoms with Crippen molar-refractivity contribution in [3.63, 3.8) is 0 Å². The first-order valence-electron chi connectivity index (χ1n) is 7.23. The number of anilines is 1. The molecule has 21 heavy (non-hydrogen) atoms. The van der Waals surface area contributed by atoms with Gasteiger partial charge in [-0.1, -0.05) is 18.6 Å². The van der Waals surface area contributed by atoms with E-state index in [1.807, 2.05) is 0 Å². The second-order valence-electron chi connectivity index (χ2n) is 5.82. The van der Waals surface area contributed by atoms with Crippen LogP contribution < -0.4 is 10.1 Å². The number of ether oxygens (including phenoxy) is 1. The van der Waals surface area contributed by atoms with E-state index in [0.29, 0.717) is 23.3 Å². The highest BCUT2D eigenvalue weighted by Gasteiger charge is 2.20. The van der Waals surface area contributed by atoms with E-state index in [0.717, 1.165) is 19.4 Å². The predicted molar refractivity (Wildman–Crippen MR) is 83.8 cm³/mol. The van der Waals surface area contributed by atoms with Crippen molar-refractivity contribution < 1.29 is 9.66 Å². The van der Waals surface area contributed by atoms with E-state index in [9.17, 15) is 10.1 Å². The highest BCUT2D eigenvalue weighted by atomic mass is 16.6. The fourth-order valence-electron chi connectivity index (χ4n) is 3.04. The van der Waals surface area contributed by atoms with E-state index in [-0.39, 0.29) is 10.6 Å². The van der Waals surface area contributed by atoms with Gasteiger partial charge in [-0.25, -0.2) is 0 Å². The first-order valence-corrected chi connectivity index (χ1v) is 7.23. The molecule has 1 aliphatic carbocycles. The summed E-state index contributed by atoms with van der Waals surface area (Å²) in [5, 5.41) is 14.4. The van der Waals surface area contributed by atoms with Crippen LogP contribution in [0.2, 0.25) is 0 Å². The SMILES string of the molecule is COc1ccc(NCC2CC(C)=CC(C)C2)c([N+](=O)[O-])c1. The standard InChI is InChI=1S/C16H22N2O3/c1-11-6-12(2)8-13(7-11)10-17-15-5-4-14(21-3)9-16(15)18(19)20/h4-6,9,11,13,17H,7-8,10H2,1-3H3. The monoisotopic (exact) mass is 290 g/mol. The van der Waals surface area contributed by atoms with Crippen LogP contribution in [0.1, 0.15) is 26.7 Å². The van der Waals surface area contributed by atoms with Crippen molar-refractivity contribution in [1.29, 1.82) is 0 Å². The highest BCUT2D eigenvalue weighted by molar-refractivity contribution is 5.63. The van der Waals surface area contributed by atoms with Crippen LogP contribution in [0, 0.1) is 22.0 Å². The number of hydrogen-bond acceptors (Lipinski definition) is 4. The van der Waals surface area contributed by atoms with E-state index in [1.54, 1.807) is 12.1 Å². The lowest BCUT2D eigenvalue weighted by Crippen LogP contribution is -2.20. The molecule has 2 rings (SSSR count). The molecule has 114 valence electrons. The van der Waals surface area contributed by atoms with Gasteiger partial charge in [-0.15, -0.1) is 0 Å². The minimum Gasteiger partial charge on any atom is -0.496 e. The molecule has 0 aliphatic heterocycles. The summed E-state index contributed by atoms with van der Waals surface area (Å²) < 4.78 is 5.04. The topological polar surface area (TPSA) is 64.4 Å². The lowest BCUT2D eigenvalue weighted by molar-refractivity contribution is -0.384. The summed E-state index contributed by atoms with van der Waals surface area (Å²) in [7, 11) is 1.50. The maximum absolute atomic E-state index is 11.1. The van der Waals surface area contributed by atoms with Crippen molar-refractivity contribution in [3.8, 4) is 5.75 Å². The van der Waals surface area contributed by atoms with E-state index in [2.05, 4.69) is 25.2 Å². The average Bonchev–Trinajstić information content (AvgIpc) is 2.43. The van der Waals surface area contributed by atoms with Gasteiger partial charge in [0.05, 0.1) is 18.1 Å². The smallest absolute Gasteiger partial charge is 0.296 e. The largest absolute Gasteiger partial charge is 0.496 e. The van der Waals surface area contributed by atoms with Crippen molar-refractivity contribution in [2.24, 2.45) is 11.8 Å². The predicted octanol–water partition coefficient (Wildman–Crippen LogP) is 4.01. The maximum atomic E-state index is 11.1. The van der Waals surface area contributed by atoms with Gasteiger partial charge in [0.2, 0.25) is 0 Å². The van der Waals surface area contributed by atoms with E-state index < -0.39 is 0 Å². The Morgan fingerprint density at radius 3 is 2.86 bits per heavy atom. The summed E-state index contributed by atoms with van der Waals surface area (Å²) in [6.45, 7) is 5.12. The van der Waals surface area contributed by atoms with Crippen molar-refractivity contribution in [3.05, 3.63) is 40.0 Å². The number of rotatable bonds is 5. The second-order valence-corrected chi connectivity index (χ2v) is 5.82. The fraction of sp³-hybridized carbons (Fsp3) is 0.500. The molecule has 0 radical (unpaired) electrons. The number of nitrogens with zero attached hydrogens (tertiary/aromatic N) is 1. The molecule has 2 atom stereocenters. The van der Waals surface area contributed by atoms with Gasteiger partial charge in [0, 0.05) is 6.54 Å². The molecule has 5 nitrogen and oxygen atoms in total. The molecule has 1 N–H and O–H groups in total. The normalized spacial score (nSPS) is 21.6. The molecular formula is C16H22N2O3. The number of nitrogens with one attached hydrogen (secondary N) is 1. The van der Waals surface area contributed by atoms with Gasteiger partial charge in [-0.3, -0.25) is 10.1 Å². The minimum atomic E-state index is -0.375. The third-order valence-electron chi connectivity index (χ3n) is 3.87. The first kappa shape index (κ1) is 15.4. The van der Waals surface area contributed by atoms with Gasteiger partial charge in [0.1, 0.15) is 11.4 Å². The Morgan fingerprint density at radius 2 is 2.24 bits per heavy atom. The second kappa shape index (κ2) is 6.61. The number of hydrogen-bond donors (Lipinski definition) is 1. The van der Waals surface area contributed by atoms with Crippen LogP contribution in [0.3, 0.4) is 0 Å². The average molecular weight is 290 g/mol. The quantitative estimate of drug-likeness (QED) is 0.505. The molecule has 0 saturated carbocycles. The van der Waals surface area contributed by atoms with E-state index in [4.69, 9.17) is 4.74 Å². The van der Waals surface area contributed by atoms with Crippen LogP contribution in [0.25, 0.3) is 0 Å². The lowest BCUT2D eigenvalue weighted by atomic mass is 9.84. The van der Waals surface area contributed by atoms with Crippen molar-refractivity contribution >= 4 is 11.4 Å². The van der Waals surface area contributed by atoms with Crippen LogP contribution in [0.4, 0.5) is 11.4 Å². The van der Waals surface area contributed by atoms with Crippen molar-refractivity contribution in [1.82, 2.24) is 0 Å². The summed E-state index contributed by atoms with van der Waals surface area (Å²) in [6.07, 6.45) is 4.49. The number of nitro groups is 1. The molecule has 2 unspecified atom stereocenters. The minimum absolute atomic E-state index is 0.0606. The van der Waals surface area contributed by atoms with Crippen LogP contribution >= 0.6 is 0 Å². The number of allylic oxidation sites excluding steroid dienone is 2. The highest BCUT2D eigenvalue weighted by Crippen LogP contribution is 2.31. The molecular weight excluding hydrogens is 268 g/mol. The molecule has 0 heterocycles. The van der Waals surface area contributed by atoms with Gasteiger partial charge in [-0.05, 0) is 43.7 Å². The van der Waals surface area contributed by atoms with Crippen LogP contribution in [0.15, 0.2) is 29.8 Å². The zero-order valence-corrected chi connectivity index (χ0v) is 12.8. The van der Waals surface area contributed by atoms with E-state index >= 15 is 0 Å². The summed E-state index contributed by atoms with van der Waals surface area (Å²) in [6, 6.07) is 4.91. The Hall–Kier alpha value is -2.04. The van der Waals surface area contributed by atoms with Crippen LogP contribution in [-0.2, 0) is 0 Å². The molecule has 0 saturated heterocycles. The number of nitro benzene ring substituents is 1. The molecule has 0 aromatic heterocycles. The van der Waals surface area contributed by atoms with Gasteiger partial charge in [-0.2, -0.15) is 0 Å². The third kappa shape index (κ3) is 3.97. The third-order valence-corrected chi connectivity index (χ3v) is 3.87. The molecule has 1 aliphatic rings. The van der Waals surface area contributed by atoms with Gasteiger partial charge < -0.3 is 10.1 Å². The summed E-state index contributed by atoms with van der Waals surface area (Å²) in [4.78, 5) is 10.8. The zero-order valence-electron chi connectivity index (χ0n) is 12.8. The molecule has 0 bridgehead atoms. The van der Waals surface area contributed by atoms with Gasteiger partial charge >= 0.3 is 0 Å². The molecule has 1 aromatic rings. The Bertz CT molecular complexity index is 554. The summed E-state index contributed by atoms with van der Waals surface area (Å²) in [5.74, 6) is 1.60. The van der Waals surface area contributed by atoms with Gasteiger partial charge in [0.25, 0.3) is 5.69 Å². The first-order chi connectivity index (χ1) is 9.99. The number of benzene rings is 1. The Kier molecular flexibility index (Phi) is 4.83. The molecule has 0 fully saturated rings. The Morgan fingerprint density at radius 1 is 1.48 bits per heavy atom. The maximum Gasteiger partial charge on any atom is 0.296 e. The van der Waals surface area contributed by atoms with Crippen LogP contribution in [-0.4, -0.2) is 18.6 Å². The summed E-state index contributed by atoms with van der Waals surface area (Å²) >= 11 is 0. The Balaban J connectivity index is 2.06. The van der Waals surface area contributed by atoms with Crippen LogP contribution in [0.5, 0.6) is 5.75 Å². The Labute approximate surface area is 125 Å². The zero-order chi connectivity index (χ0) is 15.4. The van der Waals surface area contributed by atoms with E-state index in [1.165, 1.54) is 18.7 Å². The van der Waals surface area contributed by atoms with Gasteiger partial charge in [0.15, 0.2) is 0 Å². The molecule has 0 amide bonds.